The maximum Gasteiger partial charge on any atom is 0.261 e. The van der Waals surface area contributed by atoms with Gasteiger partial charge in [0, 0.05) is 23.4 Å². The molecule has 2 unspecified atom stereocenters. The molecule has 2 atom stereocenters. The first-order valence-corrected chi connectivity index (χ1v) is 9.47. The lowest BCUT2D eigenvalue weighted by Gasteiger charge is -2.17. The Morgan fingerprint density at radius 2 is 2.15 bits per heavy atom. The van der Waals surface area contributed by atoms with E-state index in [1.54, 1.807) is 19.1 Å². The average molecular weight is 390 g/mol. The second-order valence-electron chi connectivity index (χ2n) is 6.04. The number of rotatable bonds is 4. The van der Waals surface area contributed by atoms with Crippen molar-refractivity contribution in [3.05, 3.63) is 46.2 Å². The van der Waals surface area contributed by atoms with E-state index < -0.39 is 6.04 Å². The molecule has 0 fully saturated rings. The van der Waals surface area contributed by atoms with Gasteiger partial charge in [-0.05, 0) is 49.6 Å². The molecule has 0 bridgehead atoms. The number of hydrogen-bond acceptors (Lipinski definition) is 5. The highest BCUT2D eigenvalue weighted by Gasteiger charge is 2.22. The summed E-state index contributed by atoms with van der Waals surface area (Å²) in [5.41, 5.74) is 2.41. The molecule has 6 nitrogen and oxygen atoms in total. The van der Waals surface area contributed by atoms with Crippen LogP contribution in [-0.2, 0) is 16.0 Å². The van der Waals surface area contributed by atoms with Crippen LogP contribution in [0.1, 0.15) is 29.1 Å². The van der Waals surface area contributed by atoms with E-state index >= 15 is 0 Å². The molecule has 3 rings (SSSR count). The normalized spacial score (nSPS) is 17.2. The number of hydrogen-bond donors (Lipinski definition) is 3. The van der Waals surface area contributed by atoms with Gasteiger partial charge in [-0.25, -0.2) is 0 Å². The summed E-state index contributed by atoms with van der Waals surface area (Å²) in [5, 5.41) is 10.8. The van der Waals surface area contributed by atoms with Crippen molar-refractivity contribution >= 4 is 51.9 Å². The quantitative estimate of drug-likeness (QED) is 0.700. The number of carbonyl (C=O) groups excluding carboxylic acids is 2. The van der Waals surface area contributed by atoms with Gasteiger partial charge in [-0.2, -0.15) is 0 Å². The highest BCUT2D eigenvalue weighted by molar-refractivity contribution is 7.80. The molecule has 2 aromatic rings. The number of amides is 2. The predicted molar refractivity (Wildman–Crippen MR) is 107 cm³/mol. The number of benzene rings is 1. The van der Waals surface area contributed by atoms with Gasteiger partial charge in [-0.15, -0.1) is 11.3 Å². The van der Waals surface area contributed by atoms with Crippen molar-refractivity contribution in [2.75, 3.05) is 10.6 Å². The molecule has 2 amide bonds. The van der Waals surface area contributed by atoms with Crippen molar-refractivity contribution < 1.29 is 14.3 Å². The first-order chi connectivity index (χ1) is 12.4. The molecule has 0 saturated heterocycles. The van der Waals surface area contributed by atoms with Crippen LogP contribution < -0.4 is 16.0 Å². The highest BCUT2D eigenvalue weighted by atomic mass is 32.1. The number of thiocarbonyl (C=S) groups is 1. The van der Waals surface area contributed by atoms with Gasteiger partial charge in [-0.1, -0.05) is 12.1 Å². The van der Waals surface area contributed by atoms with E-state index in [0.717, 1.165) is 11.3 Å². The lowest BCUT2D eigenvalue weighted by atomic mass is 10.0. The molecule has 8 heteroatoms. The van der Waals surface area contributed by atoms with Crippen molar-refractivity contribution in [3.8, 4) is 0 Å². The van der Waals surface area contributed by atoms with E-state index in [1.807, 2.05) is 30.5 Å². The smallest absolute Gasteiger partial charge is 0.261 e. The Morgan fingerprint density at radius 3 is 2.88 bits per heavy atom. The Morgan fingerprint density at radius 1 is 1.35 bits per heavy atom. The Balaban J connectivity index is 1.72. The zero-order valence-electron chi connectivity index (χ0n) is 14.4. The Bertz CT molecular complexity index is 836. The summed E-state index contributed by atoms with van der Waals surface area (Å²) >= 11 is 6.47. The molecule has 1 aliphatic rings. The topological polar surface area (TPSA) is 79.5 Å². The summed E-state index contributed by atoms with van der Waals surface area (Å²) in [5.74, 6) is -0.549. The number of fused-ring (bicyclic) bond motifs is 1. The van der Waals surface area contributed by atoms with Crippen molar-refractivity contribution in [1.82, 2.24) is 5.32 Å². The van der Waals surface area contributed by atoms with Gasteiger partial charge in [0.2, 0.25) is 5.91 Å². The fourth-order valence-electron chi connectivity index (χ4n) is 2.67. The molecular formula is C18H19N3O3S2. The van der Waals surface area contributed by atoms with E-state index in [2.05, 4.69) is 16.0 Å². The highest BCUT2D eigenvalue weighted by Crippen LogP contribution is 2.29. The lowest BCUT2D eigenvalue weighted by molar-refractivity contribution is -0.117. The molecule has 0 aliphatic carbocycles. The Kier molecular flexibility index (Phi) is 5.53. The first-order valence-electron chi connectivity index (χ1n) is 8.19. The van der Waals surface area contributed by atoms with Crippen molar-refractivity contribution in [2.45, 2.75) is 32.4 Å². The summed E-state index contributed by atoms with van der Waals surface area (Å²) in [7, 11) is 0. The minimum Gasteiger partial charge on any atom is -0.467 e. The van der Waals surface area contributed by atoms with Crippen LogP contribution in [0.25, 0.3) is 0 Å². The van der Waals surface area contributed by atoms with Crippen LogP contribution in [0.5, 0.6) is 0 Å². The second-order valence-corrected chi connectivity index (χ2v) is 7.36. The molecule has 1 aromatic heterocycles. The maximum absolute atomic E-state index is 12.5. The van der Waals surface area contributed by atoms with Gasteiger partial charge in [0.1, 0.15) is 12.1 Å². The van der Waals surface area contributed by atoms with Crippen molar-refractivity contribution in [3.63, 3.8) is 0 Å². The summed E-state index contributed by atoms with van der Waals surface area (Å²) in [6, 6.07) is 8.39. The monoisotopic (exact) mass is 389 g/mol. The molecule has 3 N–H and O–H groups in total. The van der Waals surface area contributed by atoms with E-state index in [0.29, 0.717) is 22.2 Å². The number of ether oxygens (including phenoxy) is 1. The van der Waals surface area contributed by atoms with Gasteiger partial charge in [0.05, 0.1) is 4.88 Å². The van der Waals surface area contributed by atoms with Gasteiger partial charge < -0.3 is 20.7 Å². The number of carbonyl (C=O) groups is 2. The molecule has 0 radical (unpaired) electrons. The molecular weight excluding hydrogens is 370 g/mol. The molecule has 1 aliphatic heterocycles. The summed E-state index contributed by atoms with van der Waals surface area (Å²) in [6.45, 7) is 3.58. The summed E-state index contributed by atoms with van der Waals surface area (Å²) < 4.78 is 5.55. The SMILES string of the molecule is CC1Cc2c(NC(=O)C(C)NC(=O)c3cccs3)cccc2NC(=S)O1. The van der Waals surface area contributed by atoms with E-state index in [1.165, 1.54) is 11.3 Å². The number of thiophene rings is 1. The van der Waals surface area contributed by atoms with Crippen LogP contribution >= 0.6 is 23.6 Å². The minimum atomic E-state index is -0.672. The van der Waals surface area contributed by atoms with Gasteiger partial charge in [-0.3, -0.25) is 9.59 Å². The van der Waals surface area contributed by atoms with Gasteiger partial charge in [0.15, 0.2) is 0 Å². The van der Waals surface area contributed by atoms with Crippen LogP contribution in [-0.4, -0.2) is 29.1 Å². The van der Waals surface area contributed by atoms with Crippen molar-refractivity contribution in [2.24, 2.45) is 0 Å². The fraction of sp³-hybridized carbons (Fsp3) is 0.278. The third kappa shape index (κ3) is 4.20. The third-order valence-electron chi connectivity index (χ3n) is 3.96. The van der Waals surface area contributed by atoms with Crippen LogP contribution in [0, 0.1) is 0 Å². The van der Waals surface area contributed by atoms with Gasteiger partial charge in [0.25, 0.3) is 11.1 Å². The minimum absolute atomic E-state index is 0.106. The van der Waals surface area contributed by atoms with E-state index in [-0.39, 0.29) is 17.9 Å². The zero-order valence-corrected chi connectivity index (χ0v) is 16.0. The van der Waals surface area contributed by atoms with Crippen molar-refractivity contribution in [1.29, 1.82) is 0 Å². The molecule has 136 valence electrons. The molecule has 0 saturated carbocycles. The average Bonchev–Trinajstić information content (AvgIpc) is 3.07. The predicted octanol–water partition coefficient (Wildman–Crippen LogP) is 3.16. The Hall–Kier alpha value is -2.45. The zero-order chi connectivity index (χ0) is 18.7. The second kappa shape index (κ2) is 7.84. The molecule has 1 aromatic carbocycles. The maximum atomic E-state index is 12.5. The molecule has 0 spiro atoms. The third-order valence-corrected chi connectivity index (χ3v) is 5.02. The number of nitrogens with one attached hydrogen (secondary N) is 3. The van der Waals surface area contributed by atoms with Crippen LogP contribution in [0.2, 0.25) is 0 Å². The largest absolute Gasteiger partial charge is 0.467 e. The van der Waals surface area contributed by atoms with E-state index in [4.69, 9.17) is 17.0 Å². The lowest BCUT2D eigenvalue weighted by Crippen LogP contribution is -2.41. The Labute approximate surface area is 160 Å². The molecule has 2 heterocycles. The van der Waals surface area contributed by atoms with Crippen LogP contribution in [0.3, 0.4) is 0 Å². The first kappa shape index (κ1) is 18.3. The van der Waals surface area contributed by atoms with Crippen LogP contribution in [0.15, 0.2) is 35.7 Å². The standard InChI is InChI=1S/C18H19N3O3S2/c1-10-9-12-13(5-3-6-14(12)21-18(25)24-10)20-16(22)11(2)19-17(23)15-7-4-8-26-15/h3-8,10-11H,9H2,1-2H3,(H,19,23)(H,20,22)(H,21,25). The summed E-state index contributed by atoms with van der Waals surface area (Å²) in [4.78, 5) is 25.2. The number of anilines is 2. The van der Waals surface area contributed by atoms with E-state index in [9.17, 15) is 9.59 Å². The van der Waals surface area contributed by atoms with Crippen LogP contribution in [0.4, 0.5) is 11.4 Å². The molecule has 26 heavy (non-hydrogen) atoms. The fourth-order valence-corrected chi connectivity index (χ4v) is 3.58. The van der Waals surface area contributed by atoms with Gasteiger partial charge >= 0.3 is 0 Å². The summed E-state index contributed by atoms with van der Waals surface area (Å²) in [6.07, 6.45) is 0.500.